The Morgan fingerprint density at radius 1 is 1.19 bits per heavy atom. The minimum Gasteiger partial charge on any atom is -0.349 e. The molecule has 2 atom stereocenters. The fraction of sp³-hybridized carbons (Fsp3) is 0.400. The van der Waals surface area contributed by atoms with E-state index in [0.717, 1.165) is 25.8 Å². The Morgan fingerprint density at radius 2 is 1.96 bits per heavy atom. The summed E-state index contributed by atoms with van der Waals surface area (Å²) in [5.74, 6) is -0.318. The fourth-order valence-electron chi connectivity index (χ4n) is 3.18. The number of thiophene rings is 1. The molecule has 0 spiro atoms. The first kappa shape index (κ1) is 18.6. The topological polar surface area (TPSA) is 70.2 Å². The summed E-state index contributed by atoms with van der Waals surface area (Å²) in [7, 11) is 0. The lowest BCUT2D eigenvalue weighted by molar-refractivity contribution is 0.0927. The fourth-order valence-corrected chi connectivity index (χ4v) is 3.96. The third-order valence-corrected chi connectivity index (χ3v) is 5.55. The number of rotatable bonds is 5. The van der Waals surface area contributed by atoms with Gasteiger partial charge in [0.05, 0.1) is 5.56 Å². The van der Waals surface area contributed by atoms with Crippen molar-refractivity contribution in [1.82, 2.24) is 10.6 Å². The molecule has 5 nitrogen and oxygen atoms in total. The molecule has 1 aromatic heterocycles. The van der Waals surface area contributed by atoms with Crippen LogP contribution in [0.15, 0.2) is 35.7 Å². The number of amides is 2. The van der Waals surface area contributed by atoms with Gasteiger partial charge in [0, 0.05) is 17.6 Å². The summed E-state index contributed by atoms with van der Waals surface area (Å²) < 4.78 is 0. The first-order chi connectivity index (χ1) is 12.6. The van der Waals surface area contributed by atoms with E-state index in [1.165, 1.54) is 16.9 Å². The van der Waals surface area contributed by atoms with Gasteiger partial charge in [-0.2, -0.15) is 0 Å². The van der Waals surface area contributed by atoms with Crippen molar-refractivity contribution in [2.24, 2.45) is 0 Å². The molecule has 1 fully saturated rings. The van der Waals surface area contributed by atoms with Crippen molar-refractivity contribution in [3.05, 3.63) is 52.4 Å². The third kappa shape index (κ3) is 4.51. The highest BCUT2D eigenvalue weighted by atomic mass is 32.1. The quantitative estimate of drug-likeness (QED) is 0.754. The number of hydrogen-bond acceptors (Lipinski definition) is 4. The molecule has 138 valence electrons. The minimum absolute atomic E-state index is 0.123. The molecule has 1 aromatic carbocycles. The van der Waals surface area contributed by atoms with E-state index >= 15 is 0 Å². The number of carbonyl (C=O) groups excluding carboxylic acids is 2. The van der Waals surface area contributed by atoms with Gasteiger partial charge in [0.2, 0.25) is 0 Å². The summed E-state index contributed by atoms with van der Waals surface area (Å²) in [6.45, 7) is 5.11. The molecule has 0 radical (unpaired) electrons. The molecule has 26 heavy (non-hydrogen) atoms. The van der Waals surface area contributed by atoms with Crippen LogP contribution in [0.25, 0.3) is 0 Å². The van der Waals surface area contributed by atoms with Gasteiger partial charge in [0.25, 0.3) is 11.8 Å². The lowest BCUT2D eigenvalue weighted by Gasteiger charge is -2.28. The maximum absolute atomic E-state index is 12.6. The van der Waals surface area contributed by atoms with E-state index in [-0.39, 0.29) is 17.9 Å². The molecule has 0 aliphatic carbocycles. The van der Waals surface area contributed by atoms with Crippen LogP contribution in [0.4, 0.5) is 5.00 Å². The zero-order chi connectivity index (χ0) is 18.5. The minimum atomic E-state index is -0.195. The second-order valence-corrected chi connectivity index (χ2v) is 7.63. The van der Waals surface area contributed by atoms with E-state index in [9.17, 15) is 9.59 Å². The molecule has 2 amide bonds. The molecule has 1 aliphatic rings. The standard InChI is InChI=1S/C20H25N3O2S/c1-3-14-4-6-15(7-5-14)18(24)23-20-17(9-11-26-20)19(25)22-16-8-10-21-13(2)12-16/h4-7,9,11,13,16,21H,3,8,10,12H2,1-2H3,(H,22,25)(H,23,24). The SMILES string of the molecule is CCc1ccc(C(=O)Nc2sccc2C(=O)NC2CCNC(C)C2)cc1. The number of benzene rings is 1. The molecule has 3 rings (SSSR count). The molecule has 1 saturated heterocycles. The van der Waals surface area contributed by atoms with Gasteiger partial charge < -0.3 is 16.0 Å². The number of piperidine rings is 1. The first-order valence-electron chi connectivity index (χ1n) is 9.09. The lowest BCUT2D eigenvalue weighted by atomic mass is 10.0. The van der Waals surface area contributed by atoms with Crippen LogP contribution in [0, 0.1) is 0 Å². The molecule has 2 aromatic rings. The van der Waals surface area contributed by atoms with Gasteiger partial charge in [0.1, 0.15) is 5.00 Å². The molecule has 2 unspecified atom stereocenters. The molecule has 0 saturated carbocycles. The summed E-state index contributed by atoms with van der Waals surface area (Å²) in [5, 5.41) is 11.8. The van der Waals surface area contributed by atoms with E-state index in [2.05, 4.69) is 29.8 Å². The molecule has 3 N–H and O–H groups in total. The normalized spacial score (nSPS) is 19.8. The Labute approximate surface area is 158 Å². The van der Waals surface area contributed by atoms with Crippen LogP contribution in [0.5, 0.6) is 0 Å². The van der Waals surface area contributed by atoms with Crippen LogP contribution in [0.1, 0.15) is 53.0 Å². The van der Waals surface area contributed by atoms with E-state index in [1.807, 2.05) is 29.6 Å². The zero-order valence-electron chi connectivity index (χ0n) is 15.2. The van der Waals surface area contributed by atoms with Crippen molar-refractivity contribution in [1.29, 1.82) is 0 Å². The van der Waals surface area contributed by atoms with Gasteiger partial charge >= 0.3 is 0 Å². The molecule has 2 heterocycles. The highest BCUT2D eigenvalue weighted by Gasteiger charge is 2.22. The largest absolute Gasteiger partial charge is 0.349 e. The lowest BCUT2D eigenvalue weighted by Crippen LogP contribution is -2.46. The average molecular weight is 372 g/mol. The van der Waals surface area contributed by atoms with E-state index in [4.69, 9.17) is 0 Å². The van der Waals surface area contributed by atoms with Gasteiger partial charge in [-0.05, 0) is 61.9 Å². The van der Waals surface area contributed by atoms with Crippen LogP contribution in [-0.2, 0) is 6.42 Å². The highest BCUT2D eigenvalue weighted by molar-refractivity contribution is 7.14. The summed E-state index contributed by atoms with van der Waals surface area (Å²) in [6, 6.07) is 9.88. The monoisotopic (exact) mass is 371 g/mol. The van der Waals surface area contributed by atoms with Crippen LogP contribution in [-0.4, -0.2) is 30.4 Å². The summed E-state index contributed by atoms with van der Waals surface area (Å²) in [4.78, 5) is 25.1. The van der Waals surface area contributed by atoms with Crippen LogP contribution >= 0.6 is 11.3 Å². The van der Waals surface area contributed by atoms with Gasteiger partial charge in [-0.15, -0.1) is 11.3 Å². The Morgan fingerprint density at radius 3 is 2.65 bits per heavy atom. The number of aryl methyl sites for hydroxylation is 1. The predicted octanol–water partition coefficient (Wildman–Crippen LogP) is 3.43. The molecular weight excluding hydrogens is 346 g/mol. The molecule has 0 bridgehead atoms. The maximum atomic E-state index is 12.6. The van der Waals surface area contributed by atoms with Crippen molar-refractivity contribution in [2.75, 3.05) is 11.9 Å². The highest BCUT2D eigenvalue weighted by Crippen LogP contribution is 2.24. The Kier molecular flexibility index (Phi) is 6.06. The Hall–Kier alpha value is -2.18. The van der Waals surface area contributed by atoms with Crippen molar-refractivity contribution in [2.45, 2.75) is 45.2 Å². The summed E-state index contributed by atoms with van der Waals surface area (Å²) in [6.07, 6.45) is 2.78. The van der Waals surface area contributed by atoms with Crippen molar-refractivity contribution in [3.63, 3.8) is 0 Å². The van der Waals surface area contributed by atoms with Gasteiger partial charge in [0.15, 0.2) is 0 Å². The Bertz CT molecular complexity index is 770. The second kappa shape index (κ2) is 8.47. The van der Waals surface area contributed by atoms with E-state index in [0.29, 0.717) is 22.2 Å². The van der Waals surface area contributed by atoms with Crippen LogP contribution in [0.2, 0.25) is 0 Å². The van der Waals surface area contributed by atoms with Crippen molar-refractivity contribution < 1.29 is 9.59 Å². The number of carbonyl (C=O) groups is 2. The van der Waals surface area contributed by atoms with Gasteiger partial charge in [-0.25, -0.2) is 0 Å². The first-order valence-corrected chi connectivity index (χ1v) is 9.96. The average Bonchev–Trinajstić information content (AvgIpc) is 3.10. The number of anilines is 1. The van der Waals surface area contributed by atoms with Crippen molar-refractivity contribution in [3.8, 4) is 0 Å². The summed E-state index contributed by atoms with van der Waals surface area (Å²) in [5.41, 5.74) is 2.31. The van der Waals surface area contributed by atoms with Crippen LogP contribution < -0.4 is 16.0 Å². The van der Waals surface area contributed by atoms with Crippen LogP contribution in [0.3, 0.4) is 0 Å². The third-order valence-electron chi connectivity index (χ3n) is 4.72. The smallest absolute Gasteiger partial charge is 0.256 e. The van der Waals surface area contributed by atoms with Crippen molar-refractivity contribution >= 4 is 28.2 Å². The molecule has 6 heteroatoms. The van der Waals surface area contributed by atoms with E-state index < -0.39 is 0 Å². The zero-order valence-corrected chi connectivity index (χ0v) is 16.0. The number of nitrogens with one attached hydrogen (secondary N) is 3. The second-order valence-electron chi connectivity index (χ2n) is 6.72. The van der Waals surface area contributed by atoms with E-state index in [1.54, 1.807) is 6.07 Å². The summed E-state index contributed by atoms with van der Waals surface area (Å²) >= 11 is 1.37. The molecular formula is C20H25N3O2S. The number of hydrogen-bond donors (Lipinski definition) is 3. The maximum Gasteiger partial charge on any atom is 0.256 e. The molecule has 1 aliphatic heterocycles. The predicted molar refractivity (Wildman–Crippen MR) is 106 cm³/mol. The van der Waals surface area contributed by atoms with Gasteiger partial charge in [-0.3, -0.25) is 9.59 Å². The van der Waals surface area contributed by atoms with Gasteiger partial charge in [-0.1, -0.05) is 19.1 Å². The Balaban J connectivity index is 1.65.